The molecule has 0 aliphatic rings. The Morgan fingerprint density at radius 3 is 2.60 bits per heavy atom. The topological polar surface area (TPSA) is 115 Å². The lowest BCUT2D eigenvalue weighted by Crippen LogP contribution is -2.19. The lowest BCUT2D eigenvalue weighted by molar-refractivity contribution is 0.262. The molecule has 35 heavy (non-hydrogen) atoms. The van der Waals surface area contributed by atoms with Gasteiger partial charge in [-0.25, -0.2) is 19.7 Å². The fraction of sp³-hybridized carbons (Fsp3) is 0.269. The summed E-state index contributed by atoms with van der Waals surface area (Å²) in [6, 6.07) is 12.2. The number of nitrogens with one attached hydrogen (secondary N) is 2. The number of hydrogen-bond acceptors (Lipinski definition) is 7. The van der Waals surface area contributed by atoms with Gasteiger partial charge in [-0.15, -0.1) is 0 Å². The standard InChI is InChI=1S/C26H28N6O3/c1-6-22-27-13-11-19(30-22)18-8-7-12-28-24(18)34-20-10-9-17(14-16(20)2)29-25(33)31-23-15-21(35-32-23)26(3,4)5/h7-15H,6H2,1-5H3,(H2,29,31,32,33). The monoisotopic (exact) mass is 472 g/mol. The van der Waals surface area contributed by atoms with Crippen molar-refractivity contribution in [1.29, 1.82) is 0 Å². The summed E-state index contributed by atoms with van der Waals surface area (Å²) in [5, 5.41) is 9.39. The fourth-order valence-corrected chi connectivity index (χ4v) is 3.30. The van der Waals surface area contributed by atoms with Gasteiger partial charge >= 0.3 is 6.03 Å². The predicted molar refractivity (Wildman–Crippen MR) is 134 cm³/mol. The van der Waals surface area contributed by atoms with E-state index in [-0.39, 0.29) is 5.41 Å². The molecule has 0 fully saturated rings. The summed E-state index contributed by atoms with van der Waals surface area (Å²) in [4.78, 5) is 25.7. The van der Waals surface area contributed by atoms with Gasteiger partial charge in [-0.3, -0.25) is 5.32 Å². The van der Waals surface area contributed by atoms with Gasteiger partial charge in [0.1, 0.15) is 17.3 Å². The van der Waals surface area contributed by atoms with Gasteiger partial charge < -0.3 is 14.6 Å². The third kappa shape index (κ3) is 5.81. The number of aryl methyl sites for hydroxylation is 2. The molecule has 4 rings (SSSR count). The second kappa shape index (κ2) is 9.92. The molecule has 2 N–H and O–H groups in total. The molecule has 9 heteroatoms. The summed E-state index contributed by atoms with van der Waals surface area (Å²) >= 11 is 0. The molecule has 0 spiro atoms. The van der Waals surface area contributed by atoms with E-state index in [9.17, 15) is 4.79 Å². The van der Waals surface area contributed by atoms with Gasteiger partial charge in [0.2, 0.25) is 5.88 Å². The normalized spacial score (nSPS) is 11.2. The number of anilines is 2. The lowest BCUT2D eigenvalue weighted by Gasteiger charge is -2.13. The molecule has 3 heterocycles. The highest BCUT2D eigenvalue weighted by Crippen LogP contribution is 2.32. The van der Waals surface area contributed by atoms with Gasteiger partial charge in [0.25, 0.3) is 0 Å². The zero-order valence-electron chi connectivity index (χ0n) is 20.4. The van der Waals surface area contributed by atoms with Crippen LogP contribution >= 0.6 is 0 Å². The first kappa shape index (κ1) is 23.9. The van der Waals surface area contributed by atoms with E-state index in [0.29, 0.717) is 28.9 Å². The number of ether oxygens (including phenoxy) is 1. The molecule has 1 aromatic carbocycles. The Bertz CT molecular complexity index is 1340. The van der Waals surface area contributed by atoms with E-state index in [1.54, 1.807) is 30.6 Å². The van der Waals surface area contributed by atoms with Crippen molar-refractivity contribution in [2.75, 3.05) is 10.6 Å². The van der Waals surface area contributed by atoms with Crippen molar-refractivity contribution in [2.24, 2.45) is 0 Å². The van der Waals surface area contributed by atoms with Gasteiger partial charge in [-0.2, -0.15) is 0 Å². The number of aromatic nitrogens is 4. The van der Waals surface area contributed by atoms with Crippen molar-refractivity contribution in [3.63, 3.8) is 0 Å². The molecule has 0 aliphatic heterocycles. The quantitative estimate of drug-likeness (QED) is 0.347. The van der Waals surface area contributed by atoms with Crippen LogP contribution in [-0.2, 0) is 11.8 Å². The molecule has 0 atom stereocenters. The van der Waals surface area contributed by atoms with E-state index in [1.807, 2.05) is 58.9 Å². The first-order chi connectivity index (χ1) is 16.7. The first-order valence-electron chi connectivity index (χ1n) is 11.3. The Kier molecular flexibility index (Phi) is 6.77. The van der Waals surface area contributed by atoms with Gasteiger partial charge in [0.05, 0.1) is 11.3 Å². The smallest absolute Gasteiger partial charge is 0.324 e. The van der Waals surface area contributed by atoms with Crippen molar-refractivity contribution < 1.29 is 14.1 Å². The largest absolute Gasteiger partial charge is 0.438 e. The average Bonchev–Trinajstić information content (AvgIpc) is 3.30. The summed E-state index contributed by atoms with van der Waals surface area (Å²) in [5.74, 6) is 2.85. The number of amides is 2. The van der Waals surface area contributed by atoms with Crippen LogP contribution in [0.25, 0.3) is 11.3 Å². The SMILES string of the molecule is CCc1nccc(-c2cccnc2Oc2ccc(NC(=O)Nc3cc(C(C)(C)C)on3)cc2C)n1. The van der Waals surface area contributed by atoms with Crippen LogP contribution in [-0.4, -0.2) is 26.1 Å². The lowest BCUT2D eigenvalue weighted by atomic mass is 9.93. The first-order valence-corrected chi connectivity index (χ1v) is 11.3. The van der Waals surface area contributed by atoms with Crippen LogP contribution in [0, 0.1) is 6.92 Å². The summed E-state index contributed by atoms with van der Waals surface area (Å²) < 4.78 is 11.4. The van der Waals surface area contributed by atoms with Gasteiger partial charge in [0, 0.05) is 36.0 Å². The average molecular weight is 473 g/mol. The molecule has 180 valence electrons. The maximum atomic E-state index is 12.4. The third-order valence-corrected chi connectivity index (χ3v) is 5.20. The van der Waals surface area contributed by atoms with Crippen LogP contribution in [0.3, 0.4) is 0 Å². The molecule has 0 unspecified atom stereocenters. The van der Waals surface area contributed by atoms with Crippen molar-refractivity contribution in [2.45, 2.75) is 46.5 Å². The van der Waals surface area contributed by atoms with Crippen LogP contribution in [0.2, 0.25) is 0 Å². The van der Waals surface area contributed by atoms with E-state index < -0.39 is 6.03 Å². The minimum Gasteiger partial charge on any atom is -0.438 e. The van der Waals surface area contributed by atoms with Gasteiger partial charge in [-0.05, 0) is 48.9 Å². The fourth-order valence-electron chi connectivity index (χ4n) is 3.30. The van der Waals surface area contributed by atoms with E-state index >= 15 is 0 Å². The minimum absolute atomic E-state index is 0.199. The molecule has 0 saturated carbocycles. The number of carbonyl (C=O) groups excluding carboxylic acids is 1. The van der Waals surface area contributed by atoms with E-state index in [2.05, 4.69) is 30.7 Å². The maximum absolute atomic E-state index is 12.4. The summed E-state index contributed by atoms with van der Waals surface area (Å²) in [6.07, 6.45) is 4.14. The van der Waals surface area contributed by atoms with Crippen molar-refractivity contribution >= 4 is 17.5 Å². The van der Waals surface area contributed by atoms with Crippen LogP contribution in [0.5, 0.6) is 11.6 Å². The summed E-state index contributed by atoms with van der Waals surface area (Å²) in [7, 11) is 0. The molecule has 0 bridgehead atoms. The number of urea groups is 1. The molecule has 0 aliphatic carbocycles. The van der Waals surface area contributed by atoms with Crippen LogP contribution < -0.4 is 15.4 Å². The van der Waals surface area contributed by atoms with E-state index in [0.717, 1.165) is 29.1 Å². The van der Waals surface area contributed by atoms with Crippen LogP contribution in [0.4, 0.5) is 16.3 Å². The molecular formula is C26H28N6O3. The highest BCUT2D eigenvalue weighted by atomic mass is 16.5. The highest BCUT2D eigenvalue weighted by molar-refractivity contribution is 5.99. The number of nitrogens with zero attached hydrogens (tertiary/aromatic N) is 4. The van der Waals surface area contributed by atoms with Crippen molar-refractivity contribution in [3.8, 4) is 22.9 Å². The number of rotatable bonds is 6. The second-order valence-electron chi connectivity index (χ2n) is 9.06. The number of pyridine rings is 1. The summed E-state index contributed by atoms with van der Waals surface area (Å²) in [6.45, 7) is 9.93. The Hall–Kier alpha value is -4.27. The molecule has 9 nitrogen and oxygen atoms in total. The second-order valence-corrected chi connectivity index (χ2v) is 9.06. The van der Waals surface area contributed by atoms with Crippen LogP contribution in [0.15, 0.2) is 59.4 Å². The number of hydrogen-bond donors (Lipinski definition) is 2. The number of carbonyl (C=O) groups is 1. The van der Waals surface area contributed by atoms with E-state index in [4.69, 9.17) is 9.26 Å². The molecule has 0 radical (unpaired) electrons. The highest BCUT2D eigenvalue weighted by Gasteiger charge is 2.20. The zero-order chi connectivity index (χ0) is 25.0. The molecule has 3 aromatic heterocycles. The van der Waals surface area contributed by atoms with Crippen molar-refractivity contribution in [3.05, 3.63) is 72.0 Å². The molecule has 4 aromatic rings. The van der Waals surface area contributed by atoms with Crippen molar-refractivity contribution in [1.82, 2.24) is 20.1 Å². The third-order valence-electron chi connectivity index (χ3n) is 5.20. The number of benzene rings is 1. The Labute approximate surface area is 204 Å². The Balaban J connectivity index is 1.46. The van der Waals surface area contributed by atoms with E-state index in [1.165, 1.54) is 0 Å². The Morgan fingerprint density at radius 2 is 1.89 bits per heavy atom. The molecule has 0 saturated heterocycles. The van der Waals surface area contributed by atoms with Gasteiger partial charge in [0.15, 0.2) is 5.82 Å². The minimum atomic E-state index is -0.422. The summed E-state index contributed by atoms with van der Waals surface area (Å²) in [5.41, 5.74) is 2.75. The van der Waals surface area contributed by atoms with Crippen LogP contribution in [0.1, 0.15) is 44.8 Å². The Morgan fingerprint density at radius 1 is 1.06 bits per heavy atom. The molecular weight excluding hydrogens is 444 g/mol. The maximum Gasteiger partial charge on any atom is 0.324 e. The zero-order valence-corrected chi connectivity index (χ0v) is 20.4. The predicted octanol–water partition coefficient (Wildman–Crippen LogP) is 6.13. The van der Waals surface area contributed by atoms with Gasteiger partial charge in [-0.1, -0.05) is 32.9 Å². The molecule has 2 amide bonds.